The van der Waals surface area contributed by atoms with Crippen LogP contribution in [0.25, 0.3) is 22.4 Å². The molecule has 28 heavy (non-hydrogen) atoms. The molecule has 1 N–H and O–H groups in total. The van der Waals surface area contributed by atoms with Gasteiger partial charge in [-0.05, 0) is 36.4 Å². The Morgan fingerprint density at radius 2 is 1.82 bits per heavy atom. The summed E-state index contributed by atoms with van der Waals surface area (Å²) in [5.74, 6) is -1.12. The third-order valence-electron chi connectivity index (χ3n) is 4.40. The van der Waals surface area contributed by atoms with Gasteiger partial charge in [0.15, 0.2) is 5.65 Å². The quantitative estimate of drug-likeness (QED) is 0.526. The number of pyridine rings is 1. The minimum Gasteiger partial charge on any atom is -0.295 e. The smallest absolute Gasteiger partial charge is 0.261 e. The van der Waals surface area contributed by atoms with E-state index < -0.39 is 11.7 Å². The highest BCUT2D eigenvalue weighted by molar-refractivity contribution is 6.03. The summed E-state index contributed by atoms with van der Waals surface area (Å²) in [7, 11) is 0. The molecular weight excluding hydrogens is 359 g/mol. The molecule has 0 unspecified atom stereocenters. The van der Waals surface area contributed by atoms with E-state index in [1.165, 1.54) is 18.2 Å². The highest BCUT2D eigenvalue weighted by Crippen LogP contribution is 2.21. The second-order valence-corrected chi connectivity index (χ2v) is 6.13. The van der Waals surface area contributed by atoms with E-state index in [0.29, 0.717) is 5.65 Å². The summed E-state index contributed by atoms with van der Waals surface area (Å²) in [6, 6.07) is 17.2. The number of fused-ring (bicyclic) bond motifs is 2. The van der Waals surface area contributed by atoms with E-state index in [4.69, 9.17) is 0 Å². The number of para-hydroxylation sites is 2. The van der Waals surface area contributed by atoms with E-state index >= 15 is 0 Å². The van der Waals surface area contributed by atoms with Crippen molar-refractivity contribution < 1.29 is 9.18 Å². The molecule has 3 heterocycles. The van der Waals surface area contributed by atoms with Crippen molar-refractivity contribution in [1.29, 1.82) is 0 Å². The molecule has 1 amide bonds. The van der Waals surface area contributed by atoms with Gasteiger partial charge in [0, 0.05) is 6.20 Å². The third kappa shape index (κ3) is 2.59. The molecule has 5 aromatic rings. The lowest BCUT2D eigenvalue weighted by molar-refractivity contribution is 0.102. The molecule has 0 saturated heterocycles. The van der Waals surface area contributed by atoms with Gasteiger partial charge in [0.1, 0.15) is 12.1 Å². The second kappa shape index (κ2) is 6.27. The van der Waals surface area contributed by atoms with Crippen LogP contribution < -0.4 is 5.32 Å². The molecule has 0 atom stereocenters. The summed E-state index contributed by atoms with van der Waals surface area (Å²) >= 11 is 0. The fourth-order valence-electron chi connectivity index (χ4n) is 3.10. The van der Waals surface area contributed by atoms with Crippen LogP contribution in [0.15, 0.2) is 73.2 Å². The van der Waals surface area contributed by atoms with Gasteiger partial charge < -0.3 is 0 Å². The predicted molar refractivity (Wildman–Crippen MR) is 102 cm³/mol. The Morgan fingerprint density at radius 3 is 2.71 bits per heavy atom. The SMILES string of the molecule is O=C(Nc1nc2c(-n3cnc4ccccc43)cccn2n1)c1ccccc1F. The number of hydrogen-bond acceptors (Lipinski definition) is 4. The number of hydrogen-bond donors (Lipinski definition) is 1. The molecule has 8 heteroatoms. The zero-order valence-corrected chi connectivity index (χ0v) is 14.5. The highest BCUT2D eigenvalue weighted by atomic mass is 19.1. The molecule has 0 fully saturated rings. The van der Waals surface area contributed by atoms with Crippen LogP contribution in [0, 0.1) is 5.82 Å². The molecule has 3 aromatic heterocycles. The van der Waals surface area contributed by atoms with Gasteiger partial charge in [0.25, 0.3) is 5.91 Å². The van der Waals surface area contributed by atoms with Crippen molar-refractivity contribution in [1.82, 2.24) is 24.1 Å². The van der Waals surface area contributed by atoms with Gasteiger partial charge in [-0.25, -0.2) is 13.9 Å². The molecule has 136 valence electrons. The number of benzene rings is 2. The van der Waals surface area contributed by atoms with Gasteiger partial charge in [-0.1, -0.05) is 24.3 Å². The Kier molecular flexibility index (Phi) is 3.61. The first kappa shape index (κ1) is 16.1. The maximum absolute atomic E-state index is 13.8. The van der Waals surface area contributed by atoms with E-state index in [9.17, 15) is 9.18 Å². The van der Waals surface area contributed by atoms with Crippen molar-refractivity contribution in [3.05, 3.63) is 84.6 Å². The first-order valence-corrected chi connectivity index (χ1v) is 8.54. The summed E-state index contributed by atoms with van der Waals surface area (Å²) in [5.41, 5.74) is 3.01. The number of rotatable bonds is 3. The summed E-state index contributed by atoms with van der Waals surface area (Å²) in [6.07, 6.45) is 3.44. The summed E-state index contributed by atoms with van der Waals surface area (Å²) in [4.78, 5) is 21.2. The van der Waals surface area contributed by atoms with Crippen molar-refractivity contribution >= 4 is 28.5 Å². The first-order chi connectivity index (χ1) is 13.7. The molecule has 5 rings (SSSR count). The van der Waals surface area contributed by atoms with Crippen molar-refractivity contribution in [2.24, 2.45) is 0 Å². The van der Waals surface area contributed by atoms with Crippen LogP contribution in [0.4, 0.5) is 10.3 Å². The Hall–Kier alpha value is -4.07. The van der Waals surface area contributed by atoms with Crippen LogP contribution in [0.5, 0.6) is 0 Å². The number of carbonyl (C=O) groups is 1. The number of amides is 1. The number of imidazole rings is 1. The third-order valence-corrected chi connectivity index (χ3v) is 4.40. The molecule has 2 aromatic carbocycles. The largest absolute Gasteiger partial charge is 0.295 e. The minimum absolute atomic E-state index is 0.0674. The van der Waals surface area contributed by atoms with Gasteiger partial charge >= 0.3 is 0 Å². The average molecular weight is 372 g/mol. The van der Waals surface area contributed by atoms with E-state index in [1.54, 1.807) is 23.1 Å². The second-order valence-electron chi connectivity index (χ2n) is 6.13. The zero-order chi connectivity index (χ0) is 19.1. The van der Waals surface area contributed by atoms with E-state index in [0.717, 1.165) is 16.7 Å². The monoisotopic (exact) mass is 372 g/mol. The topological polar surface area (TPSA) is 77.1 Å². The Balaban J connectivity index is 1.56. The van der Waals surface area contributed by atoms with Gasteiger partial charge in [-0.3, -0.25) is 14.7 Å². The Labute approximate surface area is 158 Å². The van der Waals surface area contributed by atoms with Gasteiger partial charge in [0.05, 0.1) is 22.3 Å². The molecule has 0 saturated carbocycles. The summed E-state index contributed by atoms with van der Waals surface area (Å²) < 4.78 is 17.3. The lowest BCUT2D eigenvalue weighted by Crippen LogP contribution is -2.14. The maximum Gasteiger partial charge on any atom is 0.261 e. The van der Waals surface area contributed by atoms with Gasteiger partial charge in [-0.2, -0.15) is 4.98 Å². The minimum atomic E-state index is -0.608. The number of nitrogens with zero attached hydrogens (tertiary/aromatic N) is 5. The molecule has 0 bridgehead atoms. The Morgan fingerprint density at radius 1 is 1.00 bits per heavy atom. The fourth-order valence-corrected chi connectivity index (χ4v) is 3.10. The predicted octanol–water partition coefficient (Wildman–Crippen LogP) is 3.46. The average Bonchev–Trinajstić information content (AvgIpc) is 3.31. The molecule has 0 aliphatic rings. The Bertz CT molecular complexity index is 1340. The van der Waals surface area contributed by atoms with Crippen LogP contribution in [0.3, 0.4) is 0 Å². The summed E-state index contributed by atoms with van der Waals surface area (Å²) in [5, 5.41) is 6.83. The fraction of sp³-hybridized carbons (Fsp3) is 0. The molecule has 0 aliphatic heterocycles. The number of anilines is 1. The lowest BCUT2D eigenvalue weighted by atomic mass is 10.2. The molecular formula is C20H13FN6O. The van der Waals surface area contributed by atoms with Crippen molar-refractivity contribution in [3.8, 4) is 5.69 Å². The molecule has 0 aliphatic carbocycles. The van der Waals surface area contributed by atoms with Crippen molar-refractivity contribution in [2.75, 3.05) is 5.32 Å². The number of aromatic nitrogens is 5. The number of nitrogens with one attached hydrogen (secondary N) is 1. The van der Waals surface area contributed by atoms with E-state index in [2.05, 4.69) is 20.4 Å². The van der Waals surface area contributed by atoms with Crippen LogP contribution in [0.1, 0.15) is 10.4 Å². The van der Waals surface area contributed by atoms with Crippen molar-refractivity contribution in [3.63, 3.8) is 0 Å². The van der Waals surface area contributed by atoms with E-state index in [-0.39, 0.29) is 11.5 Å². The standard InChI is InChI=1S/C20H13FN6O/c21-14-7-2-1-6-13(14)19(28)24-20-23-18-17(10-5-11-27(18)25-20)26-12-22-15-8-3-4-9-16(15)26/h1-12H,(H,24,25,28). The number of halogens is 1. The van der Waals surface area contributed by atoms with Crippen LogP contribution in [-0.2, 0) is 0 Å². The lowest BCUT2D eigenvalue weighted by Gasteiger charge is -2.04. The number of carbonyl (C=O) groups excluding carboxylic acids is 1. The normalized spacial score (nSPS) is 11.2. The van der Waals surface area contributed by atoms with Crippen LogP contribution in [0.2, 0.25) is 0 Å². The first-order valence-electron chi connectivity index (χ1n) is 8.54. The maximum atomic E-state index is 13.8. The van der Waals surface area contributed by atoms with Crippen LogP contribution >= 0.6 is 0 Å². The summed E-state index contributed by atoms with van der Waals surface area (Å²) in [6.45, 7) is 0. The van der Waals surface area contributed by atoms with Gasteiger partial charge in [-0.15, -0.1) is 5.10 Å². The zero-order valence-electron chi connectivity index (χ0n) is 14.5. The van der Waals surface area contributed by atoms with Crippen molar-refractivity contribution in [2.45, 2.75) is 0 Å². The van der Waals surface area contributed by atoms with Gasteiger partial charge in [0.2, 0.25) is 5.95 Å². The molecule has 0 spiro atoms. The molecule has 7 nitrogen and oxygen atoms in total. The van der Waals surface area contributed by atoms with E-state index in [1.807, 2.05) is 41.0 Å². The molecule has 0 radical (unpaired) electrons. The van der Waals surface area contributed by atoms with Crippen LogP contribution in [-0.4, -0.2) is 30.1 Å². The highest BCUT2D eigenvalue weighted by Gasteiger charge is 2.16.